The fourth-order valence-corrected chi connectivity index (χ4v) is 3.13. The van der Waals surface area contributed by atoms with Crippen LogP contribution in [0.4, 0.5) is 11.4 Å². The summed E-state index contributed by atoms with van der Waals surface area (Å²) in [4.78, 5) is 2.40. The maximum absolute atomic E-state index is 2.40. The zero-order chi connectivity index (χ0) is 15.5. The molecular formula is C22H19N. The highest BCUT2D eigenvalue weighted by Gasteiger charge is 2.19. The minimum atomic E-state index is 1.07. The van der Waals surface area contributed by atoms with Gasteiger partial charge >= 0.3 is 0 Å². The lowest BCUT2D eigenvalue weighted by atomic mass is 10.1. The Kier molecular flexibility index (Phi) is 3.69. The number of para-hydroxylation sites is 1. The van der Waals surface area contributed by atoms with Gasteiger partial charge in [0.1, 0.15) is 0 Å². The molecule has 0 amide bonds. The van der Waals surface area contributed by atoms with E-state index in [1.54, 1.807) is 0 Å². The summed E-state index contributed by atoms with van der Waals surface area (Å²) in [6.07, 6.45) is 5.45. The summed E-state index contributed by atoms with van der Waals surface area (Å²) in [5.74, 6) is 0. The Morgan fingerprint density at radius 3 is 2.09 bits per heavy atom. The van der Waals surface area contributed by atoms with Crippen LogP contribution < -0.4 is 4.90 Å². The Morgan fingerprint density at radius 1 is 0.652 bits per heavy atom. The Labute approximate surface area is 137 Å². The van der Waals surface area contributed by atoms with E-state index >= 15 is 0 Å². The van der Waals surface area contributed by atoms with Gasteiger partial charge in [0.25, 0.3) is 0 Å². The monoisotopic (exact) mass is 297 g/mol. The molecule has 4 rings (SSSR count). The summed E-state index contributed by atoms with van der Waals surface area (Å²) in [6, 6.07) is 27.9. The maximum Gasteiger partial charge on any atom is 0.0444 e. The Hall–Kier alpha value is -2.80. The first-order chi connectivity index (χ1) is 11.4. The van der Waals surface area contributed by atoms with Crippen molar-refractivity contribution in [3.63, 3.8) is 0 Å². The fraction of sp³-hybridized carbons (Fsp3) is 0.0909. The zero-order valence-corrected chi connectivity index (χ0v) is 13.0. The average Bonchev–Trinajstić information content (AvgIpc) is 3.05. The number of rotatable bonds is 3. The molecule has 112 valence electrons. The molecule has 0 aliphatic carbocycles. The van der Waals surface area contributed by atoms with Gasteiger partial charge in [-0.2, -0.15) is 0 Å². The number of hydrogen-bond acceptors (Lipinski definition) is 1. The molecular weight excluding hydrogens is 278 g/mol. The molecule has 0 atom stereocenters. The molecule has 0 N–H and O–H groups in total. The van der Waals surface area contributed by atoms with Crippen molar-refractivity contribution < 1.29 is 0 Å². The van der Waals surface area contributed by atoms with Crippen LogP contribution in [0.5, 0.6) is 0 Å². The van der Waals surface area contributed by atoms with Crippen molar-refractivity contribution in [2.24, 2.45) is 0 Å². The molecule has 0 bridgehead atoms. The first-order valence-electron chi connectivity index (χ1n) is 8.09. The van der Waals surface area contributed by atoms with E-state index in [2.05, 4.69) is 89.8 Å². The van der Waals surface area contributed by atoms with Gasteiger partial charge in [-0.05, 0) is 41.3 Å². The molecule has 0 fully saturated rings. The maximum atomic E-state index is 2.40. The van der Waals surface area contributed by atoms with E-state index in [-0.39, 0.29) is 0 Å². The molecule has 0 saturated heterocycles. The van der Waals surface area contributed by atoms with E-state index in [9.17, 15) is 0 Å². The van der Waals surface area contributed by atoms with E-state index in [0.29, 0.717) is 0 Å². The lowest BCUT2D eigenvalue weighted by molar-refractivity contribution is 0.998. The summed E-state index contributed by atoms with van der Waals surface area (Å²) in [5, 5.41) is 0. The molecule has 3 aromatic carbocycles. The summed E-state index contributed by atoms with van der Waals surface area (Å²) in [5.41, 5.74) is 6.52. The van der Waals surface area contributed by atoms with Crippen LogP contribution in [0, 0.1) is 0 Å². The van der Waals surface area contributed by atoms with Gasteiger partial charge < -0.3 is 4.90 Å². The molecule has 1 aliphatic rings. The number of hydrogen-bond donors (Lipinski definition) is 0. The lowest BCUT2D eigenvalue weighted by Crippen LogP contribution is -2.12. The first kappa shape index (κ1) is 13.8. The third-order valence-electron chi connectivity index (χ3n) is 4.36. The van der Waals surface area contributed by atoms with Crippen LogP contribution in [0.25, 0.3) is 12.2 Å². The molecule has 23 heavy (non-hydrogen) atoms. The third kappa shape index (κ3) is 2.91. The van der Waals surface area contributed by atoms with Crippen molar-refractivity contribution in [2.75, 3.05) is 11.4 Å². The van der Waals surface area contributed by atoms with Crippen LogP contribution in [0.15, 0.2) is 78.9 Å². The second-order valence-corrected chi connectivity index (χ2v) is 5.87. The smallest absolute Gasteiger partial charge is 0.0444 e. The number of anilines is 2. The number of nitrogens with zero attached hydrogens (tertiary/aromatic N) is 1. The normalized spacial score (nSPS) is 13.5. The van der Waals surface area contributed by atoms with Crippen LogP contribution in [0.3, 0.4) is 0 Å². The zero-order valence-electron chi connectivity index (χ0n) is 13.0. The van der Waals surface area contributed by atoms with E-state index in [4.69, 9.17) is 0 Å². The molecule has 0 radical (unpaired) electrons. The van der Waals surface area contributed by atoms with Crippen molar-refractivity contribution in [3.05, 3.63) is 95.6 Å². The SMILES string of the molecule is C(=C\c1ccc(N2CCc3ccccc32)cc1)/c1ccccc1. The standard InChI is InChI=1S/C22H19N/c1-2-6-18(7-3-1)10-11-19-12-14-21(15-13-19)23-17-16-20-8-4-5-9-22(20)23/h1-15H,16-17H2/b11-10+. The molecule has 0 spiro atoms. The van der Waals surface area contributed by atoms with Crippen LogP contribution in [-0.4, -0.2) is 6.54 Å². The largest absolute Gasteiger partial charge is 0.341 e. The minimum absolute atomic E-state index is 1.07. The van der Waals surface area contributed by atoms with Gasteiger partial charge in [0.2, 0.25) is 0 Å². The van der Waals surface area contributed by atoms with Crippen molar-refractivity contribution in [3.8, 4) is 0 Å². The second-order valence-electron chi connectivity index (χ2n) is 5.87. The van der Waals surface area contributed by atoms with Crippen LogP contribution >= 0.6 is 0 Å². The van der Waals surface area contributed by atoms with Crippen LogP contribution in [-0.2, 0) is 6.42 Å². The Morgan fingerprint density at radius 2 is 1.30 bits per heavy atom. The van der Waals surface area contributed by atoms with E-state index in [0.717, 1.165) is 13.0 Å². The molecule has 0 saturated carbocycles. The molecule has 1 nitrogen and oxygen atoms in total. The average molecular weight is 297 g/mol. The molecule has 3 aromatic rings. The molecule has 1 aliphatic heterocycles. The summed E-state index contributed by atoms with van der Waals surface area (Å²) < 4.78 is 0. The predicted molar refractivity (Wildman–Crippen MR) is 99.0 cm³/mol. The van der Waals surface area contributed by atoms with Crippen molar-refractivity contribution in [1.29, 1.82) is 0 Å². The van der Waals surface area contributed by atoms with Gasteiger partial charge in [-0.25, -0.2) is 0 Å². The van der Waals surface area contributed by atoms with Gasteiger partial charge in [-0.3, -0.25) is 0 Å². The first-order valence-corrected chi connectivity index (χ1v) is 8.09. The molecule has 1 heterocycles. The van der Waals surface area contributed by atoms with Crippen LogP contribution in [0.1, 0.15) is 16.7 Å². The molecule has 1 heteroatoms. The van der Waals surface area contributed by atoms with Crippen LogP contribution in [0.2, 0.25) is 0 Å². The van der Waals surface area contributed by atoms with Gasteiger partial charge in [-0.15, -0.1) is 0 Å². The summed E-state index contributed by atoms with van der Waals surface area (Å²) in [7, 11) is 0. The predicted octanol–water partition coefficient (Wildman–Crippen LogP) is 5.55. The van der Waals surface area contributed by atoms with Gasteiger partial charge in [0.05, 0.1) is 0 Å². The third-order valence-corrected chi connectivity index (χ3v) is 4.36. The van der Waals surface area contributed by atoms with Crippen molar-refractivity contribution >= 4 is 23.5 Å². The van der Waals surface area contributed by atoms with Gasteiger partial charge in [-0.1, -0.05) is 72.8 Å². The van der Waals surface area contributed by atoms with Gasteiger partial charge in [0.15, 0.2) is 0 Å². The fourth-order valence-electron chi connectivity index (χ4n) is 3.13. The Balaban J connectivity index is 1.54. The van der Waals surface area contributed by atoms with E-state index < -0.39 is 0 Å². The lowest BCUT2D eigenvalue weighted by Gasteiger charge is -2.19. The number of fused-ring (bicyclic) bond motifs is 1. The van der Waals surface area contributed by atoms with Crippen molar-refractivity contribution in [2.45, 2.75) is 6.42 Å². The van der Waals surface area contributed by atoms with E-state index in [1.807, 2.05) is 6.07 Å². The second kappa shape index (κ2) is 6.13. The molecule has 0 unspecified atom stereocenters. The molecule has 0 aromatic heterocycles. The Bertz CT molecular complexity index is 816. The van der Waals surface area contributed by atoms with E-state index in [1.165, 1.54) is 28.1 Å². The topological polar surface area (TPSA) is 3.24 Å². The highest BCUT2D eigenvalue weighted by Crippen LogP contribution is 2.34. The quantitative estimate of drug-likeness (QED) is 0.573. The van der Waals surface area contributed by atoms with Gasteiger partial charge in [0, 0.05) is 17.9 Å². The summed E-state index contributed by atoms with van der Waals surface area (Å²) in [6.45, 7) is 1.07. The highest BCUT2D eigenvalue weighted by atomic mass is 15.2. The minimum Gasteiger partial charge on any atom is -0.341 e. The number of benzene rings is 3. The highest BCUT2D eigenvalue weighted by molar-refractivity contribution is 5.73. The summed E-state index contributed by atoms with van der Waals surface area (Å²) >= 11 is 0. The van der Waals surface area contributed by atoms with Crippen molar-refractivity contribution in [1.82, 2.24) is 0 Å².